The Kier molecular flexibility index (Phi) is 2.23. The summed E-state index contributed by atoms with van der Waals surface area (Å²) in [5.74, 6) is 0.898. The molecule has 0 saturated carbocycles. The molecular formula is C11H13BrN2O. The Bertz CT molecular complexity index is 386. The number of nitrogens with zero attached hydrogens (tertiary/aromatic N) is 2. The van der Waals surface area contributed by atoms with Crippen molar-refractivity contribution in [2.75, 3.05) is 20.2 Å². The summed E-state index contributed by atoms with van der Waals surface area (Å²) in [6.45, 7) is 2.41. The fraction of sp³-hybridized carbons (Fsp3) is 0.455. The van der Waals surface area contributed by atoms with Gasteiger partial charge in [0.1, 0.15) is 11.9 Å². The van der Waals surface area contributed by atoms with E-state index in [1.165, 1.54) is 25.1 Å². The van der Waals surface area contributed by atoms with E-state index in [0.29, 0.717) is 6.17 Å². The van der Waals surface area contributed by atoms with Crippen LogP contribution in [-0.4, -0.2) is 30.2 Å². The van der Waals surface area contributed by atoms with Crippen LogP contribution >= 0.6 is 15.9 Å². The second kappa shape index (κ2) is 3.47. The molecule has 0 spiro atoms. The summed E-state index contributed by atoms with van der Waals surface area (Å²) < 4.78 is 6.26. The van der Waals surface area contributed by atoms with E-state index < -0.39 is 0 Å². The molecule has 4 heteroatoms. The lowest BCUT2D eigenvalue weighted by molar-refractivity contribution is 0.412. The third-order valence-electron chi connectivity index (χ3n) is 3.09. The summed E-state index contributed by atoms with van der Waals surface area (Å²) >= 11 is 3.52. The number of rotatable bonds is 2. The van der Waals surface area contributed by atoms with Crippen LogP contribution in [0.3, 0.4) is 0 Å². The van der Waals surface area contributed by atoms with Gasteiger partial charge >= 0.3 is 0 Å². The molecule has 1 aromatic rings. The number of fused-ring (bicyclic) bond motifs is 1. The van der Waals surface area contributed by atoms with Crippen molar-refractivity contribution in [2.24, 2.45) is 0 Å². The Morgan fingerprint density at radius 1 is 1.33 bits per heavy atom. The molecular weight excluding hydrogens is 256 g/mol. The Morgan fingerprint density at radius 2 is 2.07 bits per heavy atom. The third kappa shape index (κ3) is 1.48. The third-order valence-corrected chi connectivity index (χ3v) is 3.71. The predicted octanol–water partition coefficient (Wildman–Crippen LogP) is 2.39. The Balaban J connectivity index is 1.85. The highest BCUT2D eigenvalue weighted by atomic mass is 79.9. The van der Waals surface area contributed by atoms with Crippen molar-refractivity contribution in [1.29, 1.82) is 0 Å². The fourth-order valence-corrected chi connectivity index (χ4v) is 2.89. The number of benzene rings is 1. The van der Waals surface area contributed by atoms with Gasteiger partial charge in [0.15, 0.2) is 0 Å². The lowest BCUT2D eigenvalue weighted by Crippen LogP contribution is -1.99. The maximum atomic E-state index is 5.22. The van der Waals surface area contributed by atoms with Crippen LogP contribution in [-0.2, 0) is 0 Å². The molecule has 0 radical (unpaired) electrons. The molecule has 15 heavy (non-hydrogen) atoms. The van der Waals surface area contributed by atoms with Gasteiger partial charge in [0.2, 0.25) is 0 Å². The van der Waals surface area contributed by atoms with E-state index >= 15 is 0 Å². The second-order valence-electron chi connectivity index (χ2n) is 3.95. The second-order valence-corrected chi connectivity index (χ2v) is 4.80. The number of ether oxygens (including phenoxy) is 1. The zero-order valence-corrected chi connectivity index (χ0v) is 10.2. The van der Waals surface area contributed by atoms with E-state index in [1.54, 1.807) is 7.11 Å². The molecule has 2 aliphatic heterocycles. The molecule has 2 heterocycles. The van der Waals surface area contributed by atoms with Crippen LogP contribution in [0.5, 0.6) is 5.75 Å². The monoisotopic (exact) mass is 268 g/mol. The predicted molar refractivity (Wildman–Crippen MR) is 61.5 cm³/mol. The van der Waals surface area contributed by atoms with E-state index in [9.17, 15) is 0 Å². The number of hydrazine groups is 1. The lowest BCUT2D eigenvalue weighted by Gasteiger charge is -2.06. The van der Waals surface area contributed by atoms with Crippen molar-refractivity contribution in [1.82, 2.24) is 10.0 Å². The first kappa shape index (κ1) is 9.63. The minimum absolute atomic E-state index is 0.515. The van der Waals surface area contributed by atoms with Crippen LogP contribution in [0.25, 0.3) is 0 Å². The van der Waals surface area contributed by atoms with Crippen LogP contribution in [0.2, 0.25) is 0 Å². The molecule has 0 bridgehead atoms. The summed E-state index contributed by atoms with van der Waals surface area (Å²) in [7, 11) is 1.69. The van der Waals surface area contributed by atoms with Gasteiger partial charge in [-0.25, -0.2) is 10.0 Å². The van der Waals surface area contributed by atoms with Crippen LogP contribution in [0.15, 0.2) is 22.7 Å². The van der Waals surface area contributed by atoms with Gasteiger partial charge in [0.25, 0.3) is 0 Å². The summed E-state index contributed by atoms with van der Waals surface area (Å²) in [6.07, 6.45) is 1.81. The standard InChI is InChI=1S/C11H13BrN2O/c1-15-10-4-3-8(7-9(10)12)11-13-5-2-6-14(11)13/h3-4,7,11H,2,5-6H2,1H3. The Labute approximate surface area is 97.7 Å². The Hall–Kier alpha value is -0.580. The highest BCUT2D eigenvalue weighted by molar-refractivity contribution is 9.10. The number of methoxy groups -OCH3 is 1. The quantitative estimate of drug-likeness (QED) is 0.766. The molecule has 2 fully saturated rings. The number of hydrogen-bond donors (Lipinski definition) is 0. The fourth-order valence-electron chi connectivity index (χ4n) is 2.33. The molecule has 2 aliphatic rings. The van der Waals surface area contributed by atoms with Crippen LogP contribution < -0.4 is 4.74 Å². The van der Waals surface area contributed by atoms with Gasteiger partial charge < -0.3 is 4.74 Å². The van der Waals surface area contributed by atoms with Gasteiger partial charge in [0.05, 0.1) is 11.6 Å². The largest absolute Gasteiger partial charge is 0.496 e. The molecule has 2 atom stereocenters. The normalized spacial score (nSPS) is 32.5. The van der Waals surface area contributed by atoms with E-state index in [0.717, 1.165) is 10.2 Å². The average molecular weight is 269 g/mol. The maximum Gasteiger partial charge on any atom is 0.133 e. The van der Waals surface area contributed by atoms with Gasteiger partial charge in [-0.3, -0.25) is 0 Å². The summed E-state index contributed by atoms with van der Waals surface area (Å²) in [5.41, 5.74) is 1.35. The first-order valence-electron chi connectivity index (χ1n) is 5.18. The molecule has 2 unspecified atom stereocenters. The first-order chi connectivity index (χ1) is 7.31. The molecule has 0 aliphatic carbocycles. The summed E-state index contributed by atoms with van der Waals surface area (Å²) in [4.78, 5) is 0. The van der Waals surface area contributed by atoms with Gasteiger partial charge in [-0.2, -0.15) is 0 Å². The smallest absolute Gasteiger partial charge is 0.133 e. The van der Waals surface area contributed by atoms with E-state index in [4.69, 9.17) is 4.74 Å². The Morgan fingerprint density at radius 3 is 2.67 bits per heavy atom. The molecule has 3 nitrogen and oxygen atoms in total. The minimum atomic E-state index is 0.515. The average Bonchev–Trinajstić information content (AvgIpc) is 2.72. The van der Waals surface area contributed by atoms with E-state index in [1.807, 2.05) is 6.07 Å². The van der Waals surface area contributed by atoms with Crippen molar-refractivity contribution in [3.05, 3.63) is 28.2 Å². The van der Waals surface area contributed by atoms with E-state index in [-0.39, 0.29) is 0 Å². The van der Waals surface area contributed by atoms with Crippen molar-refractivity contribution >= 4 is 15.9 Å². The topological polar surface area (TPSA) is 15.2 Å². The van der Waals surface area contributed by atoms with Crippen molar-refractivity contribution in [3.8, 4) is 5.75 Å². The van der Waals surface area contributed by atoms with Crippen molar-refractivity contribution < 1.29 is 4.74 Å². The van der Waals surface area contributed by atoms with Crippen LogP contribution in [0.1, 0.15) is 18.2 Å². The zero-order chi connectivity index (χ0) is 10.4. The van der Waals surface area contributed by atoms with E-state index in [2.05, 4.69) is 38.1 Å². The van der Waals surface area contributed by atoms with Gasteiger partial charge in [0, 0.05) is 13.1 Å². The zero-order valence-electron chi connectivity index (χ0n) is 8.61. The van der Waals surface area contributed by atoms with Crippen molar-refractivity contribution in [2.45, 2.75) is 12.6 Å². The van der Waals surface area contributed by atoms with Gasteiger partial charge in [-0.15, -0.1) is 0 Å². The molecule has 0 aromatic heterocycles. The summed E-state index contributed by atoms with van der Waals surface area (Å²) in [6, 6.07) is 6.32. The molecule has 0 N–H and O–H groups in total. The van der Waals surface area contributed by atoms with Gasteiger partial charge in [-0.1, -0.05) is 6.07 Å². The minimum Gasteiger partial charge on any atom is -0.496 e. The maximum absolute atomic E-state index is 5.22. The van der Waals surface area contributed by atoms with Crippen LogP contribution in [0.4, 0.5) is 0 Å². The van der Waals surface area contributed by atoms with Gasteiger partial charge in [-0.05, 0) is 40.0 Å². The molecule has 3 rings (SSSR count). The van der Waals surface area contributed by atoms with Crippen molar-refractivity contribution in [3.63, 3.8) is 0 Å². The highest BCUT2D eigenvalue weighted by Gasteiger charge is 2.48. The number of halogens is 1. The SMILES string of the molecule is COc1ccc(C2N3CCCN23)cc1Br. The van der Waals surface area contributed by atoms with Crippen LogP contribution in [0, 0.1) is 0 Å². The number of hydrogen-bond acceptors (Lipinski definition) is 3. The highest BCUT2D eigenvalue weighted by Crippen LogP contribution is 2.46. The molecule has 2 saturated heterocycles. The molecule has 1 aromatic carbocycles. The lowest BCUT2D eigenvalue weighted by atomic mass is 10.2. The molecule has 80 valence electrons. The summed E-state index contributed by atoms with van der Waals surface area (Å²) in [5, 5.41) is 4.82. The first-order valence-corrected chi connectivity index (χ1v) is 5.97. The molecule has 0 amide bonds.